The quantitative estimate of drug-likeness (QED) is 0.814. The summed E-state index contributed by atoms with van der Waals surface area (Å²) in [5.74, 6) is 0. The van der Waals surface area contributed by atoms with Crippen LogP contribution in [0.2, 0.25) is 10.0 Å². The monoisotopic (exact) mass is 307 g/mol. The predicted octanol–water partition coefficient (Wildman–Crippen LogP) is 5.06. The molecule has 1 unspecified atom stereocenters. The van der Waals surface area contributed by atoms with E-state index in [1.165, 1.54) is 11.1 Å². The molecule has 0 aliphatic heterocycles. The van der Waals surface area contributed by atoms with Gasteiger partial charge < -0.3 is 5.32 Å². The van der Waals surface area contributed by atoms with Crippen LogP contribution in [0, 0.1) is 0 Å². The largest absolute Gasteiger partial charge is 0.313 e. The molecule has 0 saturated carbocycles. The zero-order valence-corrected chi connectivity index (χ0v) is 13.3. The van der Waals surface area contributed by atoms with E-state index in [-0.39, 0.29) is 6.04 Å². The number of hydrogen-bond donors (Lipinski definition) is 1. The van der Waals surface area contributed by atoms with Crippen molar-refractivity contribution in [2.45, 2.75) is 25.8 Å². The number of aryl methyl sites for hydroxylation is 1. The van der Waals surface area contributed by atoms with E-state index in [1.54, 1.807) is 0 Å². The molecule has 20 heavy (non-hydrogen) atoms. The smallest absolute Gasteiger partial charge is 0.0624 e. The van der Waals surface area contributed by atoms with Crippen molar-refractivity contribution in [3.8, 4) is 0 Å². The van der Waals surface area contributed by atoms with Crippen LogP contribution in [0.3, 0.4) is 0 Å². The zero-order valence-electron chi connectivity index (χ0n) is 11.8. The summed E-state index contributed by atoms with van der Waals surface area (Å²) in [6, 6.07) is 14.7. The first-order valence-electron chi connectivity index (χ1n) is 6.84. The van der Waals surface area contributed by atoms with Gasteiger partial charge >= 0.3 is 0 Å². The van der Waals surface area contributed by atoms with Gasteiger partial charge in [0.2, 0.25) is 0 Å². The normalized spacial score (nSPS) is 12.4. The third kappa shape index (κ3) is 3.54. The molecule has 3 heteroatoms. The van der Waals surface area contributed by atoms with Gasteiger partial charge in [-0.2, -0.15) is 0 Å². The summed E-state index contributed by atoms with van der Waals surface area (Å²) in [6.07, 6.45) is 1.88. The van der Waals surface area contributed by atoms with E-state index in [2.05, 4.69) is 36.5 Å². The first-order valence-corrected chi connectivity index (χ1v) is 7.60. The Morgan fingerprint density at radius 3 is 2.35 bits per heavy atom. The van der Waals surface area contributed by atoms with E-state index in [1.807, 2.05) is 25.2 Å². The number of benzene rings is 2. The Morgan fingerprint density at radius 1 is 1.05 bits per heavy atom. The second-order valence-corrected chi connectivity index (χ2v) is 5.64. The van der Waals surface area contributed by atoms with Crippen molar-refractivity contribution in [1.82, 2.24) is 5.32 Å². The molecule has 1 nitrogen and oxygen atoms in total. The van der Waals surface area contributed by atoms with Crippen molar-refractivity contribution in [3.63, 3.8) is 0 Å². The summed E-state index contributed by atoms with van der Waals surface area (Å²) in [7, 11) is 1.97. The molecule has 0 radical (unpaired) electrons. The molecule has 1 N–H and O–H groups in total. The molecule has 0 aliphatic rings. The Kier molecular flexibility index (Phi) is 5.47. The van der Waals surface area contributed by atoms with Crippen LogP contribution in [0.5, 0.6) is 0 Å². The lowest BCUT2D eigenvalue weighted by Gasteiger charge is -2.18. The lowest BCUT2D eigenvalue weighted by Crippen LogP contribution is -2.19. The van der Waals surface area contributed by atoms with Crippen molar-refractivity contribution < 1.29 is 0 Å². The van der Waals surface area contributed by atoms with E-state index in [9.17, 15) is 0 Å². The van der Waals surface area contributed by atoms with Crippen LogP contribution in [0.15, 0.2) is 42.5 Å². The summed E-state index contributed by atoms with van der Waals surface area (Å²) < 4.78 is 0. The minimum Gasteiger partial charge on any atom is -0.313 e. The Labute approximate surface area is 130 Å². The van der Waals surface area contributed by atoms with Crippen molar-refractivity contribution in [2.75, 3.05) is 7.05 Å². The van der Waals surface area contributed by atoms with Crippen LogP contribution in [0.4, 0.5) is 0 Å². The Morgan fingerprint density at radius 2 is 1.75 bits per heavy atom. The van der Waals surface area contributed by atoms with E-state index in [0.717, 1.165) is 18.4 Å². The average Bonchev–Trinajstić information content (AvgIpc) is 2.49. The van der Waals surface area contributed by atoms with Crippen LogP contribution >= 0.6 is 23.2 Å². The first kappa shape index (κ1) is 15.4. The highest BCUT2D eigenvalue weighted by Crippen LogP contribution is 2.29. The van der Waals surface area contributed by atoms with E-state index < -0.39 is 0 Å². The summed E-state index contributed by atoms with van der Waals surface area (Å²) in [4.78, 5) is 0. The lowest BCUT2D eigenvalue weighted by molar-refractivity contribution is 0.592. The summed E-state index contributed by atoms with van der Waals surface area (Å²) >= 11 is 12.3. The topological polar surface area (TPSA) is 12.0 Å². The molecule has 0 bridgehead atoms. The second kappa shape index (κ2) is 7.12. The molecule has 2 aromatic rings. The fourth-order valence-electron chi connectivity index (χ4n) is 2.30. The van der Waals surface area contributed by atoms with Crippen LogP contribution < -0.4 is 5.32 Å². The lowest BCUT2D eigenvalue weighted by atomic mass is 9.97. The second-order valence-electron chi connectivity index (χ2n) is 4.85. The minimum atomic E-state index is 0.233. The molecule has 2 aromatic carbocycles. The molecule has 0 fully saturated rings. The average molecular weight is 308 g/mol. The molecule has 0 saturated heterocycles. The first-order chi connectivity index (χ1) is 9.65. The van der Waals surface area contributed by atoms with Gasteiger partial charge in [-0.1, -0.05) is 66.5 Å². The van der Waals surface area contributed by atoms with Crippen LogP contribution in [-0.4, -0.2) is 7.05 Å². The zero-order chi connectivity index (χ0) is 14.5. The molecule has 106 valence electrons. The van der Waals surface area contributed by atoms with Crippen LogP contribution in [0.1, 0.15) is 29.7 Å². The fourth-order valence-corrected chi connectivity index (χ4v) is 2.70. The maximum atomic E-state index is 6.27. The van der Waals surface area contributed by atoms with Crippen molar-refractivity contribution >= 4 is 23.2 Å². The summed E-state index contributed by atoms with van der Waals surface area (Å²) in [5, 5.41) is 4.61. The minimum absolute atomic E-state index is 0.233. The van der Waals surface area contributed by atoms with E-state index in [4.69, 9.17) is 23.2 Å². The molecule has 1 atom stereocenters. The molecular weight excluding hydrogens is 289 g/mol. The number of halogens is 2. The highest BCUT2D eigenvalue weighted by Gasteiger charge is 2.13. The van der Waals surface area contributed by atoms with Crippen LogP contribution in [-0.2, 0) is 12.8 Å². The number of hydrogen-bond acceptors (Lipinski definition) is 1. The van der Waals surface area contributed by atoms with Crippen molar-refractivity contribution in [3.05, 3.63) is 69.2 Å². The van der Waals surface area contributed by atoms with Crippen molar-refractivity contribution in [2.24, 2.45) is 0 Å². The Bertz CT molecular complexity index is 564. The van der Waals surface area contributed by atoms with Gasteiger partial charge in [0.15, 0.2) is 0 Å². The maximum Gasteiger partial charge on any atom is 0.0624 e. The molecule has 2 rings (SSSR count). The van der Waals surface area contributed by atoms with Gasteiger partial charge in [-0.3, -0.25) is 0 Å². The Hall–Kier alpha value is -1.02. The standard InChI is InChI=1S/C17H19Cl2N/c1-3-12-7-9-13(10-8-12)16(20-2)11-14-5-4-6-15(18)17(14)19/h4-10,16,20H,3,11H2,1-2H3. The third-order valence-electron chi connectivity index (χ3n) is 3.59. The van der Waals surface area contributed by atoms with Gasteiger partial charge in [-0.25, -0.2) is 0 Å². The van der Waals surface area contributed by atoms with E-state index >= 15 is 0 Å². The molecule has 0 aromatic heterocycles. The fraction of sp³-hybridized carbons (Fsp3) is 0.294. The van der Waals surface area contributed by atoms with Gasteiger partial charge in [0.25, 0.3) is 0 Å². The number of rotatable bonds is 5. The molecule has 0 spiro atoms. The highest BCUT2D eigenvalue weighted by molar-refractivity contribution is 6.42. The molecule has 0 aliphatic carbocycles. The number of likely N-dealkylation sites (N-methyl/N-ethyl adjacent to an activating group) is 1. The van der Waals surface area contributed by atoms with Gasteiger partial charge in [-0.15, -0.1) is 0 Å². The van der Waals surface area contributed by atoms with Gasteiger partial charge in [-0.05, 0) is 42.6 Å². The van der Waals surface area contributed by atoms with E-state index in [0.29, 0.717) is 10.0 Å². The Balaban J connectivity index is 2.21. The summed E-state index contributed by atoms with van der Waals surface area (Å²) in [5.41, 5.74) is 3.68. The third-order valence-corrected chi connectivity index (χ3v) is 4.45. The van der Waals surface area contributed by atoms with Crippen LogP contribution in [0.25, 0.3) is 0 Å². The van der Waals surface area contributed by atoms with Gasteiger partial charge in [0.05, 0.1) is 10.0 Å². The molecule has 0 heterocycles. The SMILES string of the molecule is CCc1ccc(C(Cc2cccc(Cl)c2Cl)NC)cc1. The summed E-state index contributed by atoms with van der Waals surface area (Å²) in [6.45, 7) is 2.16. The number of nitrogens with one attached hydrogen (secondary N) is 1. The predicted molar refractivity (Wildman–Crippen MR) is 87.8 cm³/mol. The van der Waals surface area contributed by atoms with Gasteiger partial charge in [0, 0.05) is 6.04 Å². The highest BCUT2D eigenvalue weighted by atomic mass is 35.5. The maximum absolute atomic E-state index is 6.27. The van der Waals surface area contributed by atoms with Crippen molar-refractivity contribution in [1.29, 1.82) is 0 Å². The molecule has 0 amide bonds. The van der Waals surface area contributed by atoms with Gasteiger partial charge in [0.1, 0.15) is 0 Å². The molecular formula is C17H19Cl2N.